The molecule has 0 saturated heterocycles. The van der Waals surface area contributed by atoms with E-state index in [0.29, 0.717) is 6.42 Å². The first-order valence-corrected chi connectivity index (χ1v) is 10.8. The Morgan fingerprint density at radius 3 is 2.65 bits per heavy atom. The van der Waals surface area contributed by atoms with Gasteiger partial charge in [-0.15, -0.1) is 0 Å². The molecule has 3 N–H and O–H groups in total. The van der Waals surface area contributed by atoms with Crippen molar-refractivity contribution in [2.45, 2.75) is 82.2 Å². The van der Waals surface area contributed by atoms with Crippen molar-refractivity contribution in [2.24, 2.45) is 17.8 Å². The Morgan fingerprint density at radius 1 is 1.27 bits per heavy atom. The van der Waals surface area contributed by atoms with Gasteiger partial charge in [-0.05, 0) is 38.0 Å². The first kappa shape index (κ1) is 23.4. The molecule has 6 atom stereocenters. The number of carbonyl (C=O) groups is 1. The van der Waals surface area contributed by atoms with Crippen LogP contribution in [0.5, 0.6) is 0 Å². The van der Waals surface area contributed by atoms with Crippen LogP contribution in [0.3, 0.4) is 0 Å². The number of carboxylic acids is 1. The van der Waals surface area contributed by atoms with Crippen molar-refractivity contribution < 1.29 is 20.1 Å². The Hall–Kier alpha value is -0.650. The van der Waals surface area contributed by atoms with Gasteiger partial charge < -0.3 is 15.3 Å². The number of aliphatic hydroxyl groups is 2. The third kappa shape index (κ3) is 8.36. The molecule has 0 aliphatic heterocycles. The summed E-state index contributed by atoms with van der Waals surface area (Å²) in [6.07, 6.45) is 14.2. The molecule has 0 spiro atoms. The second-order valence-electron chi connectivity index (χ2n) is 7.53. The van der Waals surface area contributed by atoms with Gasteiger partial charge in [0, 0.05) is 10.7 Å². The average Bonchev–Trinajstić information content (AvgIpc) is 2.85. The van der Waals surface area contributed by atoms with Gasteiger partial charge >= 0.3 is 5.97 Å². The Kier molecular flexibility index (Phi) is 11.4. The van der Waals surface area contributed by atoms with Crippen molar-refractivity contribution >= 4 is 21.9 Å². The lowest BCUT2D eigenvalue weighted by Gasteiger charge is -2.19. The minimum atomic E-state index is -0.750. The third-order valence-corrected chi connectivity index (χ3v) is 6.34. The number of alkyl halides is 1. The van der Waals surface area contributed by atoms with Gasteiger partial charge in [-0.25, -0.2) is 0 Å². The maximum atomic E-state index is 10.8. The summed E-state index contributed by atoms with van der Waals surface area (Å²) in [6, 6.07) is 0. The molecule has 0 aromatic rings. The molecule has 0 radical (unpaired) electrons. The summed E-state index contributed by atoms with van der Waals surface area (Å²) in [7, 11) is 0. The Balaban J connectivity index is 2.49. The molecule has 1 aliphatic carbocycles. The standard InChI is InChI=1S/C21H35BrO4/c1-3-4-6-10-16(23)12-13-18-17(19(22)14-20(18)24)11-8-5-7-9-15(2)21(25)26/h5,8,12-13,15-20,23-24H,3-4,6-7,9-11,14H2,1-2H3,(H,25,26)/t15?,16?,17-,18-,19-,20-/m1/s1. The normalized spacial score (nSPS) is 28.8. The summed E-state index contributed by atoms with van der Waals surface area (Å²) in [4.78, 5) is 11.1. The van der Waals surface area contributed by atoms with Crippen LogP contribution in [0.25, 0.3) is 0 Å². The number of aliphatic carboxylic acids is 1. The molecular formula is C21H35BrO4. The topological polar surface area (TPSA) is 77.8 Å². The van der Waals surface area contributed by atoms with E-state index in [2.05, 4.69) is 28.9 Å². The van der Waals surface area contributed by atoms with Gasteiger partial charge in [-0.1, -0.05) is 73.3 Å². The number of hydrogen-bond acceptors (Lipinski definition) is 3. The molecule has 0 heterocycles. The fourth-order valence-electron chi connectivity index (χ4n) is 3.46. The molecule has 4 nitrogen and oxygen atoms in total. The molecule has 1 fully saturated rings. The zero-order chi connectivity index (χ0) is 19.5. The van der Waals surface area contributed by atoms with Crippen LogP contribution >= 0.6 is 15.9 Å². The third-order valence-electron chi connectivity index (χ3n) is 5.29. The first-order valence-electron chi connectivity index (χ1n) is 9.93. The molecule has 1 aliphatic rings. The van der Waals surface area contributed by atoms with Crippen LogP contribution in [0.2, 0.25) is 0 Å². The van der Waals surface area contributed by atoms with Gasteiger partial charge in [0.1, 0.15) is 0 Å². The van der Waals surface area contributed by atoms with E-state index < -0.39 is 12.1 Å². The molecule has 2 unspecified atom stereocenters. The van der Waals surface area contributed by atoms with E-state index in [1.165, 1.54) is 0 Å². The number of rotatable bonds is 12. The average molecular weight is 431 g/mol. The Labute approximate surface area is 166 Å². The maximum Gasteiger partial charge on any atom is 0.306 e. The lowest BCUT2D eigenvalue weighted by atomic mass is 9.90. The summed E-state index contributed by atoms with van der Waals surface area (Å²) in [5.41, 5.74) is 0. The predicted molar refractivity (Wildman–Crippen MR) is 109 cm³/mol. The van der Waals surface area contributed by atoms with Crippen molar-refractivity contribution in [3.05, 3.63) is 24.3 Å². The van der Waals surface area contributed by atoms with Crippen molar-refractivity contribution in [1.29, 1.82) is 0 Å². The van der Waals surface area contributed by atoms with Crippen molar-refractivity contribution in [3.63, 3.8) is 0 Å². The monoisotopic (exact) mass is 430 g/mol. The van der Waals surface area contributed by atoms with E-state index in [9.17, 15) is 15.0 Å². The predicted octanol–water partition coefficient (Wildman–Crippen LogP) is 4.69. The molecule has 0 aromatic heterocycles. The van der Waals surface area contributed by atoms with Gasteiger partial charge in [0.15, 0.2) is 0 Å². The van der Waals surface area contributed by atoms with Crippen LogP contribution in [0.1, 0.15) is 65.2 Å². The van der Waals surface area contributed by atoms with Gasteiger partial charge in [0.2, 0.25) is 0 Å². The van der Waals surface area contributed by atoms with E-state index in [0.717, 1.165) is 44.9 Å². The van der Waals surface area contributed by atoms with Crippen LogP contribution in [0.15, 0.2) is 24.3 Å². The molecule has 0 amide bonds. The Morgan fingerprint density at radius 2 is 2.00 bits per heavy atom. The van der Waals surface area contributed by atoms with Crippen molar-refractivity contribution in [2.75, 3.05) is 0 Å². The van der Waals surface area contributed by atoms with Crippen LogP contribution in [-0.2, 0) is 4.79 Å². The Bertz CT molecular complexity index is 463. The van der Waals surface area contributed by atoms with Gasteiger partial charge in [0.05, 0.1) is 18.1 Å². The van der Waals surface area contributed by atoms with Crippen molar-refractivity contribution in [1.82, 2.24) is 0 Å². The summed E-state index contributed by atoms with van der Waals surface area (Å²) in [6.45, 7) is 3.87. The highest BCUT2D eigenvalue weighted by Crippen LogP contribution is 2.40. The van der Waals surface area contributed by atoms with Crippen LogP contribution < -0.4 is 0 Å². The quantitative estimate of drug-likeness (QED) is 0.238. The maximum absolute atomic E-state index is 10.8. The van der Waals surface area contributed by atoms with E-state index >= 15 is 0 Å². The number of allylic oxidation sites excluding steroid dienone is 2. The second kappa shape index (κ2) is 12.7. The molecule has 0 bridgehead atoms. The molecule has 1 saturated carbocycles. The van der Waals surface area contributed by atoms with Crippen LogP contribution in [-0.4, -0.2) is 38.3 Å². The molecular weight excluding hydrogens is 396 g/mol. The van der Waals surface area contributed by atoms with E-state index in [1.54, 1.807) is 6.92 Å². The second-order valence-corrected chi connectivity index (χ2v) is 8.71. The number of unbranched alkanes of at least 4 members (excludes halogenated alkanes) is 2. The fourth-order valence-corrected chi connectivity index (χ4v) is 4.41. The summed E-state index contributed by atoms with van der Waals surface area (Å²) < 4.78 is 0. The summed E-state index contributed by atoms with van der Waals surface area (Å²) in [5, 5.41) is 29.3. The molecule has 26 heavy (non-hydrogen) atoms. The smallest absolute Gasteiger partial charge is 0.306 e. The lowest BCUT2D eigenvalue weighted by Crippen LogP contribution is -2.18. The molecule has 5 heteroatoms. The highest BCUT2D eigenvalue weighted by Gasteiger charge is 2.38. The first-order chi connectivity index (χ1) is 12.4. The van der Waals surface area contributed by atoms with Crippen molar-refractivity contribution in [3.8, 4) is 0 Å². The van der Waals surface area contributed by atoms with Gasteiger partial charge in [-0.3, -0.25) is 4.79 Å². The minimum absolute atomic E-state index is 0.0443. The molecule has 0 aromatic carbocycles. The number of halogens is 1. The summed E-state index contributed by atoms with van der Waals surface area (Å²) >= 11 is 3.69. The van der Waals surface area contributed by atoms with Gasteiger partial charge in [0.25, 0.3) is 0 Å². The number of carboxylic acid groups (broad SMARTS) is 1. The number of aliphatic hydroxyl groups excluding tert-OH is 2. The lowest BCUT2D eigenvalue weighted by molar-refractivity contribution is -0.141. The van der Waals surface area contributed by atoms with E-state index in [4.69, 9.17) is 5.11 Å². The zero-order valence-corrected chi connectivity index (χ0v) is 17.6. The largest absolute Gasteiger partial charge is 0.481 e. The van der Waals surface area contributed by atoms with E-state index in [1.807, 2.05) is 18.2 Å². The number of hydrogen-bond donors (Lipinski definition) is 3. The SMILES string of the molecule is CCCCCC(O)C=C[C@@H]1[C@@H](CC=CCCC(C)C(=O)O)[C@H](Br)C[C@H]1O. The van der Waals surface area contributed by atoms with E-state index in [-0.39, 0.29) is 28.7 Å². The zero-order valence-electron chi connectivity index (χ0n) is 16.1. The van der Waals surface area contributed by atoms with Crippen LogP contribution in [0, 0.1) is 17.8 Å². The fraction of sp³-hybridized carbons (Fsp3) is 0.762. The highest BCUT2D eigenvalue weighted by atomic mass is 79.9. The summed E-state index contributed by atoms with van der Waals surface area (Å²) in [5.74, 6) is -0.734. The molecule has 150 valence electrons. The molecule has 1 rings (SSSR count). The highest BCUT2D eigenvalue weighted by molar-refractivity contribution is 9.09. The van der Waals surface area contributed by atoms with Gasteiger partial charge in [-0.2, -0.15) is 0 Å². The minimum Gasteiger partial charge on any atom is -0.481 e. The van der Waals surface area contributed by atoms with Crippen LogP contribution in [0.4, 0.5) is 0 Å².